The molecule has 0 saturated heterocycles. The van der Waals surface area contributed by atoms with E-state index in [9.17, 15) is 19.2 Å². The van der Waals surface area contributed by atoms with Crippen molar-refractivity contribution in [2.75, 3.05) is 26.5 Å². The van der Waals surface area contributed by atoms with Crippen LogP contribution in [0, 0.1) is 5.92 Å². The Morgan fingerprint density at radius 1 is 0.729 bits per heavy atom. The summed E-state index contributed by atoms with van der Waals surface area (Å²) < 4.78 is 0. The molecule has 0 aliphatic carbocycles. The molecule has 2 aromatic heterocycles. The Kier molecular flexibility index (Phi) is 21.8. The molecular weight excluding hydrogens is 769 g/mol. The predicted octanol–water partition coefficient (Wildman–Crippen LogP) is 8.03. The van der Waals surface area contributed by atoms with Gasteiger partial charge in [-0.3, -0.25) is 14.4 Å². The van der Waals surface area contributed by atoms with Crippen LogP contribution in [0.4, 0.5) is 4.79 Å². The van der Waals surface area contributed by atoms with Crippen LogP contribution in [0.1, 0.15) is 86.3 Å². The molecule has 322 valence electrons. The van der Waals surface area contributed by atoms with Gasteiger partial charge < -0.3 is 40.6 Å². The number of nitrogens with zero attached hydrogens (tertiary/aromatic N) is 4. The lowest BCUT2D eigenvalue weighted by molar-refractivity contribution is -0.134. The molecule has 4 amide bonds. The van der Waals surface area contributed by atoms with Gasteiger partial charge in [-0.2, -0.15) is 0 Å². The number of rotatable bonds is 16. The van der Waals surface area contributed by atoms with E-state index < -0.39 is 6.09 Å². The van der Waals surface area contributed by atoms with Crippen molar-refractivity contribution in [3.05, 3.63) is 72.3 Å². The van der Waals surface area contributed by atoms with E-state index in [1.54, 1.807) is 21.6 Å². The van der Waals surface area contributed by atoms with E-state index >= 15 is 0 Å². The summed E-state index contributed by atoms with van der Waals surface area (Å²) in [6.45, 7) is 16.7. The summed E-state index contributed by atoms with van der Waals surface area (Å²) in [5, 5.41) is 20.5. The number of aliphatic hydroxyl groups excluding tert-OH is 1. The van der Waals surface area contributed by atoms with E-state index in [-0.39, 0.29) is 48.8 Å². The molecule has 0 radical (unpaired) electrons. The molecular formula is C44H64N8O6S. The van der Waals surface area contributed by atoms with E-state index in [1.165, 1.54) is 12.8 Å². The van der Waals surface area contributed by atoms with Gasteiger partial charge in [-0.05, 0) is 72.5 Å². The zero-order valence-corrected chi connectivity index (χ0v) is 37.1. The molecule has 5 aromatic rings. The number of H-pyrrole nitrogens is 2. The number of aromatic amines is 2. The van der Waals surface area contributed by atoms with Crippen molar-refractivity contribution in [3.8, 4) is 22.3 Å². The smallest absolute Gasteiger partial charge is 0.405 e. The first-order valence-corrected chi connectivity index (χ1v) is 21.4. The number of fused-ring (bicyclic) bond motifs is 2. The first kappa shape index (κ1) is 49.7. The summed E-state index contributed by atoms with van der Waals surface area (Å²) >= 11 is 1.54. The Labute approximate surface area is 353 Å². The van der Waals surface area contributed by atoms with Crippen LogP contribution in [0.5, 0.6) is 0 Å². The molecule has 15 heteroatoms. The number of aliphatic hydroxyl groups is 1. The third-order valence-corrected chi connectivity index (χ3v) is 10.3. The topological polar surface area (TPSA) is 197 Å². The van der Waals surface area contributed by atoms with Crippen LogP contribution >= 0.6 is 11.8 Å². The van der Waals surface area contributed by atoms with Crippen molar-refractivity contribution < 1.29 is 29.4 Å². The Hall–Kier alpha value is -5.41. The number of hydrogen-bond donors (Lipinski definition) is 6. The SMILES string of the molecule is CCC.CCC.CCC(C)[C@@H](C)N(Cc1nc2ccc(-c3ccc(-c4ccc5nc(CN(C(=O)CNC=O)C(C)SC)[nH]c5c4)cc3)cc2[nH]1)C(=O)CNC(=O)O.CO. The van der Waals surface area contributed by atoms with Crippen molar-refractivity contribution in [1.29, 1.82) is 0 Å². The van der Waals surface area contributed by atoms with E-state index in [1.807, 2.05) is 56.5 Å². The minimum Gasteiger partial charge on any atom is -0.465 e. The molecule has 3 atom stereocenters. The van der Waals surface area contributed by atoms with Crippen LogP contribution in [0.25, 0.3) is 44.3 Å². The number of carboxylic acid groups (broad SMARTS) is 1. The summed E-state index contributed by atoms with van der Waals surface area (Å²) in [5.74, 6) is 1.02. The molecule has 2 heterocycles. The second kappa shape index (κ2) is 25.8. The third kappa shape index (κ3) is 14.7. The Morgan fingerprint density at radius 2 is 1.15 bits per heavy atom. The van der Waals surface area contributed by atoms with Crippen molar-refractivity contribution in [2.45, 2.75) is 99.2 Å². The van der Waals surface area contributed by atoms with E-state index in [2.05, 4.69) is 86.4 Å². The Bertz CT molecular complexity index is 2050. The van der Waals surface area contributed by atoms with Crippen LogP contribution in [-0.4, -0.2) is 102 Å². The number of benzene rings is 3. The fourth-order valence-corrected chi connectivity index (χ4v) is 6.40. The fourth-order valence-electron chi connectivity index (χ4n) is 5.95. The van der Waals surface area contributed by atoms with E-state index in [4.69, 9.17) is 20.2 Å². The first-order valence-electron chi connectivity index (χ1n) is 20.1. The van der Waals surface area contributed by atoms with Gasteiger partial charge in [0, 0.05) is 13.2 Å². The van der Waals surface area contributed by atoms with Crippen molar-refractivity contribution in [2.24, 2.45) is 5.92 Å². The van der Waals surface area contributed by atoms with Crippen LogP contribution in [0.3, 0.4) is 0 Å². The minimum atomic E-state index is -1.24. The first-order chi connectivity index (χ1) is 28.3. The molecule has 0 bridgehead atoms. The molecule has 0 spiro atoms. The highest BCUT2D eigenvalue weighted by atomic mass is 32.2. The largest absolute Gasteiger partial charge is 0.465 e. The molecule has 0 aliphatic rings. The van der Waals surface area contributed by atoms with Gasteiger partial charge >= 0.3 is 6.09 Å². The zero-order valence-electron chi connectivity index (χ0n) is 36.3. The van der Waals surface area contributed by atoms with Crippen LogP contribution in [0.15, 0.2) is 60.7 Å². The quantitative estimate of drug-likeness (QED) is 0.0421. The maximum atomic E-state index is 13.0. The number of carbonyl (C=O) groups is 4. The van der Waals surface area contributed by atoms with Crippen molar-refractivity contribution in [1.82, 2.24) is 40.4 Å². The van der Waals surface area contributed by atoms with Gasteiger partial charge in [-0.25, -0.2) is 14.8 Å². The van der Waals surface area contributed by atoms with Gasteiger partial charge in [0.25, 0.3) is 0 Å². The monoisotopic (exact) mass is 832 g/mol. The summed E-state index contributed by atoms with van der Waals surface area (Å²) in [5.41, 5.74) is 7.36. The van der Waals surface area contributed by atoms with Gasteiger partial charge in [0.05, 0.1) is 47.1 Å². The summed E-state index contributed by atoms with van der Waals surface area (Å²) in [6, 6.07) is 20.2. The van der Waals surface area contributed by atoms with E-state index in [0.29, 0.717) is 24.6 Å². The number of imidazole rings is 2. The van der Waals surface area contributed by atoms with Gasteiger partial charge in [-0.15, -0.1) is 11.8 Å². The van der Waals surface area contributed by atoms with Gasteiger partial charge in [0.15, 0.2) is 0 Å². The number of thioether (sulfide) groups is 1. The molecule has 5 rings (SSSR count). The van der Waals surface area contributed by atoms with E-state index in [0.717, 1.165) is 57.9 Å². The predicted molar refractivity (Wildman–Crippen MR) is 240 cm³/mol. The highest BCUT2D eigenvalue weighted by molar-refractivity contribution is 7.99. The van der Waals surface area contributed by atoms with Crippen molar-refractivity contribution in [3.63, 3.8) is 0 Å². The van der Waals surface area contributed by atoms with Crippen LogP contribution in [-0.2, 0) is 27.5 Å². The average Bonchev–Trinajstić information content (AvgIpc) is 3.86. The molecule has 0 saturated carbocycles. The second-order valence-corrected chi connectivity index (χ2v) is 15.1. The lowest BCUT2D eigenvalue weighted by atomic mass is 9.99. The molecule has 0 fully saturated rings. The maximum Gasteiger partial charge on any atom is 0.405 e. The average molecular weight is 833 g/mol. The number of amides is 4. The molecule has 3 aromatic carbocycles. The maximum absolute atomic E-state index is 13.0. The minimum absolute atomic E-state index is 0.0695. The van der Waals surface area contributed by atoms with Crippen LogP contribution in [0.2, 0.25) is 0 Å². The third-order valence-electron chi connectivity index (χ3n) is 9.36. The highest BCUT2D eigenvalue weighted by Crippen LogP contribution is 2.29. The van der Waals surface area contributed by atoms with Crippen LogP contribution < -0.4 is 10.6 Å². The lowest BCUT2D eigenvalue weighted by Crippen LogP contribution is -2.46. The Balaban J connectivity index is 0.00000139. The molecule has 2 unspecified atom stereocenters. The zero-order chi connectivity index (χ0) is 44.1. The highest BCUT2D eigenvalue weighted by Gasteiger charge is 2.26. The van der Waals surface area contributed by atoms with Crippen molar-refractivity contribution >= 4 is 58.1 Å². The summed E-state index contributed by atoms with van der Waals surface area (Å²) in [7, 11) is 1.00. The molecule has 59 heavy (non-hydrogen) atoms. The molecule has 0 aliphatic heterocycles. The standard InChI is InChI=1S/C37H44N8O5S.2C3H8.CH4O/c1-6-22(2)23(3)44(36(48)18-39-37(49)50)19-33-40-29-13-11-27(15-31(29)42-33)25-7-9-26(10-8-25)28-12-14-30-32(16-28)43-34(41-30)20-45(24(4)51-5)35(47)17-38-21-46;2*1-3-2;1-2/h7-16,21-24,39H,6,17-20H2,1-5H3,(H,38,46)(H,40,42)(H,41,43)(H,49,50);2*3H2,1-2H3;2H,1H3/t22?,23-,24?;;;/m1.../s1. The summed E-state index contributed by atoms with van der Waals surface area (Å²) in [4.78, 5) is 67.0. The number of carbonyl (C=O) groups excluding carboxylic acids is 3. The number of nitrogens with one attached hydrogen (secondary N) is 4. The molecule has 6 N–H and O–H groups in total. The van der Waals surface area contributed by atoms with Gasteiger partial charge in [0.1, 0.15) is 18.2 Å². The fraction of sp³-hybridized carbons (Fsp3) is 0.455. The van der Waals surface area contributed by atoms with Gasteiger partial charge in [-0.1, -0.05) is 97.2 Å². The summed E-state index contributed by atoms with van der Waals surface area (Å²) in [6.07, 6.45) is 4.59. The molecule has 14 nitrogen and oxygen atoms in total. The normalized spacial score (nSPS) is 12.0. The number of aromatic nitrogens is 4. The second-order valence-electron chi connectivity index (χ2n) is 14.0. The number of hydrogen-bond acceptors (Lipinski definition) is 8. The van der Waals surface area contributed by atoms with Gasteiger partial charge in [0.2, 0.25) is 18.2 Å². The Morgan fingerprint density at radius 3 is 1.56 bits per heavy atom. The lowest BCUT2D eigenvalue weighted by Gasteiger charge is -2.32.